The second kappa shape index (κ2) is 6.55. The number of halogens is 3. The van der Waals surface area contributed by atoms with Gasteiger partial charge >= 0.3 is 6.18 Å². The predicted octanol–water partition coefficient (Wildman–Crippen LogP) is 3.61. The van der Waals surface area contributed by atoms with Crippen molar-refractivity contribution in [3.8, 4) is 0 Å². The van der Waals surface area contributed by atoms with Crippen molar-refractivity contribution in [2.24, 2.45) is 0 Å². The van der Waals surface area contributed by atoms with Gasteiger partial charge in [-0.1, -0.05) is 23.9 Å². The van der Waals surface area contributed by atoms with Crippen molar-refractivity contribution >= 4 is 23.3 Å². The van der Waals surface area contributed by atoms with E-state index in [4.69, 9.17) is 0 Å². The van der Waals surface area contributed by atoms with Crippen LogP contribution in [-0.2, 0) is 6.18 Å². The highest BCUT2D eigenvalue weighted by Gasteiger charge is 2.30. The Labute approximate surface area is 122 Å². The maximum atomic E-state index is 12.7. The third-order valence-electron chi connectivity index (χ3n) is 2.68. The van der Waals surface area contributed by atoms with E-state index in [1.807, 2.05) is 0 Å². The first-order valence-electron chi connectivity index (χ1n) is 5.74. The third kappa shape index (κ3) is 3.94. The molecule has 0 aliphatic heterocycles. The summed E-state index contributed by atoms with van der Waals surface area (Å²) in [4.78, 5) is 4.04. The fourth-order valence-electron chi connectivity index (χ4n) is 1.66. The molecule has 0 aliphatic rings. The van der Waals surface area contributed by atoms with Gasteiger partial charge in [0.1, 0.15) is 6.33 Å². The van der Waals surface area contributed by atoms with E-state index in [0.29, 0.717) is 11.3 Å². The molecule has 20 heavy (non-hydrogen) atoms. The van der Waals surface area contributed by atoms with Crippen molar-refractivity contribution in [3.63, 3.8) is 0 Å². The molecule has 0 fully saturated rings. The first-order valence-corrected chi connectivity index (χ1v) is 7.50. The van der Waals surface area contributed by atoms with Crippen LogP contribution in [0.2, 0.25) is 0 Å². The van der Waals surface area contributed by atoms with Crippen molar-refractivity contribution in [2.45, 2.75) is 16.6 Å². The summed E-state index contributed by atoms with van der Waals surface area (Å²) in [5.41, 5.74) is -0.0181. The quantitative estimate of drug-likeness (QED) is 0.855. The van der Waals surface area contributed by atoms with E-state index in [2.05, 4.69) is 14.7 Å². The molecule has 0 bridgehead atoms. The lowest BCUT2D eigenvalue weighted by Gasteiger charge is -2.17. The number of hydrogen-bond acceptors (Lipinski definition) is 5. The van der Waals surface area contributed by atoms with Crippen LogP contribution < -0.4 is 5.32 Å². The molecule has 1 N–H and O–H groups in total. The first-order chi connectivity index (χ1) is 9.50. The van der Waals surface area contributed by atoms with Gasteiger partial charge in [-0.05, 0) is 36.3 Å². The van der Waals surface area contributed by atoms with Gasteiger partial charge in [0.25, 0.3) is 0 Å². The number of alkyl halides is 3. The summed E-state index contributed by atoms with van der Waals surface area (Å²) in [6.45, 7) is 0. The lowest BCUT2D eigenvalue weighted by atomic mass is 10.1. The Bertz CT molecular complexity index is 543. The molecule has 1 aromatic carbocycles. The molecule has 8 heteroatoms. The smallest absolute Gasteiger partial charge is 0.312 e. The Morgan fingerprint density at radius 3 is 2.80 bits per heavy atom. The van der Waals surface area contributed by atoms with Gasteiger partial charge in [0, 0.05) is 11.8 Å². The topological polar surface area (TPSA) is 37.8 Å². The van der Waals surface area contributed by atoms with Crippen LogP contribution >= 0.6 is 23.3 Å². The van der Waals surface area contributed by atoms with Crippen LogP contribution in [0.1, 0.15) is 17.2 Å². The van der Waals surface area contributed by atoms with E-state index >= 15 is 0 Å². The SMILES string of the molecule is CNC(CSc1ncns1)c1cccc(C(F)(F)F)c1. The third-order valence-corrected chi connectivity index (χ3v) is 4.57. The molecule has 0 saturated carbocycles. The Morgan fingerprint density at radius 1 is 1.40 bits per heavy atom. The monoisotopic (exact) mass is 319 g/mol. The van der Waals surface area contributed by atoms with Gasteiger partial charge in [0.15, 0.2) is 4.34 Å². The van der Waals surface area contributed by atoms with Gasteiger partial charge in [-0.3, -0.25) is 0 Å². The highest BCUT2D eigenvalue weighted by atomic mass is 32.2. The molecule has 1 unspecified atom stereocenters. The van der Waals surface area contributed by atoms with E-state index in [1.165, 1.54) is 41.8 Å². The molecule has 1 heterocycles. The zero-order chi connectivity index (χ0) is 14.6. The predicted molar refractivity (Wildman–Crippen MR) is 73.9 cm³/mol. The number of nitrogens with one attached hydrogen (secondary N) is 1. The average Bonchev–Trinajstić information content (AvgIpc) is 2.92. The van der Waals surface area contributed by atoms with E-state index in [1.54, 1.807) is 13.1 Å². The summed E-state index contributed by atoms with van der Waals surface area (Å²) in [5, 5.41) is 3.03. The van der Waals surface area contributed by atoms with Crippen LogP contribution in [0.3, 0.4) is 0 Å². The molecule has 0 radical (unpaired) electrons. The van der Waals surface area contributed by atoms with Crippen LogP contribution in [0.5, 0.6) is 0 Å². The number of rotatable bonds is 5. The molecule has 0 aliphatic carbocycles. The number of benzene rings is 1. The fraction of sp³-hybridized carbons (Fsp3) is 0.333. The normalized spacial score (nSPS) is 13.4. The minimum Gasteiger partial charge on any atom is -0.312 e. The Hall–Kier alpha value is -1.12. The van der Waals surface area contributed by atoms with Crippen molar-refractivity contribution in [2.75, 3.05) is 12.8 Å². The van der Waals surface area contributed by atoms with Gasteiger partial charge in [0.05, 0.1) is 5.56 Å². The van der Waals surface area contributed by atoms with E-state index in [9.17, 15) is 13.2 Å². The second-order valence-corrected chi connectivity index (χ2v) is 6.03. The van der Waals surface area contributed by atoms with E-state index < -0.39 is 11.7 Å². The summed E-state index contributed by atoms with van der Waals surface area (Å²) in [6, 6.07) is 5.21. The number of aromatic nitrogens is 2. The summed E-state index contributed by atoms with van der Waals surface area (Å²) in [5.74, 6) is 0.590. The summed E-state index contributed by atoms with van der Waals surface area (Å²) in [7, 11) is 1.73. The molecule has 2 aromatic rings. The highest BCUT2D eigenvalue weighted by Crippen LogP contribution is 2.32. The van der Waals surface area contributed by atoms with Crippen LogP contribution in [0, 0.1) is 0 Å². The maximum absolute atomic E-state index is 12.7. The standard InChI is InChI=1S/C12H12F3N3S2/c1-16-10(6-19-11-17-7-18-20-11)8-3-2-4-9(5-8)12(13,14)15/h2-5,7,10,16H,6H2,1H3. The zero-order valence-electron chi connectivity index (χ0n) is 10.5. The van der Waals surface area contributed by atoms with Gasteiger partial charge in [-0.25, -0.2) is 4.98 Å². The molecule has 0 spiro atoms. The Kier molecular flexibility index (Phi) is 5.00. The lowest BCUT2D eigenvalue weighted by Crippen LogP contribution is -2.19. The van der Waals surface area contributed by atoms with E-state index in [0.717, 1.165) is 10.4 Å². The van der Waals surface area contributed by atoms with Crippen LogP contribution in [0.4, 0.5) is 13.2 Å². The lowest BCUT2D eigenvalue weighted by molar-refractivity contribution is -0.137. The maximum Gasteiger partial charge on any atom is 0.416 e. The minimum atomic E-state index is -4.32. The van der Waals surface area contributed by atoms with E-state index in [-0.39, 0.29) is 6.04 Å². The van der Waals surface area contributed by atoms with Crippen molar-refractivity contribution in [1.82, 2.24) is 14.7 Å². The second-order valence-electron chi connectivity index (χ2n) is 3.98. The Balaban J connectivity index is 2.11. The summed E-state index contributed by atoms with van der Waals surface area (Å²) >= 11 is 2.74. The fourth-order valence-corrected chi connectivity index (χ4v) is 3.27. The van der Waals surface area contributed by atoms with Gasteiger partial charge in [-0.2, -0.15) is 17.5 Å². The van der Waals surface area contributed by atoms with Gasteiger partial charge in [0.2, 0.25) is 0 Å². The molecule has 1 aromatic heterocycles. The highest BCUT2D eigenvalue weighted by molar-refractivity contribution is 8.00. The molecule has 0 saturated heterocycles. The minimum absolute atomic E-state index is 0.175. The van der Waals surface area contributed by atoms with Crippen LogP contribution in [-0.4, -0.2) is 22.2 Å². The van der Waals surface area contributed by atoms with Gasteiger partial charge < -0.3 is 5.32 Å². The van der Waals surface area contributed by atoms with Gasteiger partial charge in [-0.15, -0.1) is 0 Å². The molecule has 108 valence electrons. The number of thioether (sulfide) groups is 1. The summed E-state index contributed by atoms with van der Waals surface area (Å²) in [6.07, 6.45) is -2.85. The largest absolute Gasteiger partial charge is 0.416 e. The molecular weight excluding hydrogens is 307 g/mol. The van der Waals surface area contributed by atoms with Crippen molar-refractivity contribution in [3.05, 3.63) is 41.7 Å². The van der Waals surface area contributed by atoms with Crippen molar-refractivity contribution < 1.29 is 13.2 Å². The molecule has 2 rings (SSSR count). The molecule has 0 amide bonds. The number of nitrogens with zero attached hydrogens (tertiary/aromatic N) is 2. The molecule has 1 atom stereocenters. The summed E-state index contributed by atoms with van der Waals surface area (Å²) < 4.78 is 42.8. The van der Waals surface area contributed by atoms with Crippen molar-refractivity contribution in [1.29, 1.82) is 0 Å². The number of hydrogen-bond donors (Lipinski definition) is 1. The Morgan fingerprint density at radius 2 is 2.20 bits per heavy atom. The molecule has 3 nitrogen and oxygen atoms in total. The van der Waals surface area contributed by atoms with Crippen LogP contribution in [0.25, 0.3) is 0 Å². The average molecular weight is 319 g/mol. The zero-order valence-corrected chi connectivity index (χ0v) is 12.1. The molecular formula is C12H12F3N3S2. The van der Waals surface area contributed by atoms with Crippen LogP contribution in [0.15, 0.2) is 34.9 Å². The first kappa shape index (κ1) is 15.3.